The van der Waals surface area contributed by atoms with Gasteiger partial charge in [-0.3, -0.25) is 0 Å². The van der Waals surface area contributed by atoms with Crippen molar-refractivity contribution in [3.05, 3.63) is 64.2 Å². The van der Waals surface area contributed by atoms with Crippen LogP contribution in [0.25, 0.3) is 0 Å². The van der Waals surface area contributed by atoms with E-state index in [4.69, 9.17) is 11.6 Å². The Kier molecular flexibility index (Phi) is 5.10. The smallest absolute Gasteiger partial charge is 0.317 e. The first-order valence-corrected chi connectivity index (χ1v) is 8.90. The Labute approximate surface area is 148 Å². The van der Waals surface area contributed by atoms with E-state index in [1.54, 1.807) is 0 Å². The molecule has 126 valence electrons. The number of aryl methyl sites for hydroxylation is 2. The average molecular weight is 343 g/mol. The number of para-hydroxylation sites is 1. The Morgan fingerprint density at radius 1 is 1.25 bits per heavy atom. The molecular weight excluding hydrogens is 320 g/mol. The lowest BCUT2D eigenvalue weighted by molar-refractivity contribution is 0.207. The number of hydrogen-bond acceptors (Lipinski definition) is 1. The normalized spacial score (nSPS) is 17.1. The van der Waals surface area contributed by atoms with Gasteiger partial charge in [0.2, 0.25) is 0 Å². The molecule has 3 rings (SSSR count). The van der Waals surface area contributed by atoms with E-state index in [-0.39, 0.29) is 12.1 Å². The van der Waals surface area contributed by atoms with E-state index >= 15 is 0 Å². The first-order valence-electron chi connectivity index (χ1n) is 8.52. The van der Waals surface area contributed by atoms with Crippen molar-refractivity contribution in [2.24, 2.45) is 0 Å². The second kappa shape index (κ2) is 7.27. The third kappa shape index (κ3) is 3.27. The Morgan fingerprint density at radius 2 is 2.04 bits per heavy atom. The van der Waals surface area contributed by atoms with Gasteiger partial charge in [-0.25, -0.2) is 4.79 Å². The van der Waals surface area contributed by atoms with Crippen LogP contribution in [0.1, 0.15) is 42.5 Å². The number of nitrogens with one attached hydrogen (secondary N) is 1. The number of likely N-dealkylation sites (tertiary alicyclic amines) is 1. The van der Waals surface area contributed by atoms with Gasteiger partial charge in [-0.2, -0.15) is 0 Å². The minimum Gasteiger partial charge on any atom is -0.317 e. The van der Waals surface area contributed by atoms with Crippen LogP contribution in [0.2, 0.25) is 5.02 Å². The maximum Gasteiger partial charge on any atom is 0.322 e. The Hall–Kier alpha value is -2.00. The second-order valence-electron chi connectivity index (χ2n) is 6.27. The van der Waals surface area contributed by atoms with Crippen LogP contribution in [-0.4, -0.2) is 17.5 Å². The number of carbonyl (C=O) groups excluding carboxylic acids is 1. The zero-order valence-electron chi connectivity index (χ0n) is 14.2. The lowest BCUT2D eigenvalue weighted by Crippen LogP contribution is -2.35. The fraction of sp³-hybridized carbons (Fsp3) is 0.350. The van der Waals surface area contributed by atoms with Crippen LogP contribution in [0.15, 0.2) is 42.5 Å². The highest BCUT2D eigenvalue weighted by Crippen LogP contribution is 2.36. The lowest BCUT2D eigenvalue weighted by atomic mass is 10.0. The van der Waals surface area contributed by atoms with E-state index in [2.05, 4.69) is 18.3 Å². The molecule has 0 aromatic heterocycles. The molecule has 1 fully saturated rings. The summed E-state index contributed by atoms with van der Waals surface area (Å²) in [5, 5.41) is 3.86. The summed E-state index contributed by atoms with van der Waals surface area (Å²) < 4.78 is 0. The van der Waals surface area contributed by atoms with Gasteiger partial charge in [0.1, 0.15) is 0 Å². The molecule has 3 nitrogen and oxygen atoms in total. The third-order valence-electron chi connectivity index (χ3n) is 4.75. The summed E-state index contributed by atoms with van der Waals surface area (Å²) in [7, 11) is 0. The molecule has 0 spiro atoms. The summed E-state index contributed by atoms with van der Waals surface area (Å²) >= 11 is 6.35. The third-order valence-corrected chi connectivity index (χ3v) is 5.09. The zero-order chi connectivity index (χ0) is 17.1. The highest BCUT2D eigenvalue weighted by atomic mass is 35.5. The van der Waals surface area contributed by atoms with Crippen LogP contribution >= 0.6 is 11.6 Å². The van der Waals surface area contributed by atoms with Crippen molar-refractivity contribution in [1.82, 2.24) is 4.90 Å². The first-order chi connectivity index (χ1) is 11.6. The monoisotopic (exact) mass is 342 g/mol. The van der Waals surface area contributed by atoms with Crippen molar-refractivity contribution >= 4 is 23.3 Å². The first kappa shape index (κ1) is 16.8. The van der Waals surface area contributed by atoms with Gasteiger partial charge < -0.3 is 10.2 Å². The summed E-state index contributed by atoms with van der Waals surface area (Å²) in [6, 6.07) is 14.0. The van der Waals surface area contributed by atoms with Crippen molar-refractivity contribution in [3.8, 4) is 0 Å². The summed E-state index contributed by atoms with van der Waals surface area (Å²) in [5.41, 5.74) is 4.23. The van der Waals surface area contributed by atoms with Gasteiger partial charge in [-0.15, -0.1) is 0 Å². The lowest BCUT2D eigenvalue weighted by Gasteiger charge is -2.27. The number of nitrogens with zero attached hydrogens (tertiary/aromatic N) is 1. The minimum absolute atomic E-state index is 0.0404. The number of hydrogen-bond donors (Lipinski definition) is 1. The molecule has 4 heteroatoms. The highest BCUT2D eigenvalue weighted by Gasteiger charge is 2.31. The minimum atomic E-state index is -0.0404. The molecule has 1 atom stereocenters. The molecule has 0 saturated carbocycles. The molecular formula is C20H23ClN2O. The molecule has 1 unspecified atom stereocenters. The number of rotatable bonds is 3. The van der Waals surface area contributed by atoms with Gasteiger partial charge in [0, 0.05) is 17.3 Å². The van der Waals surface area contributed by atoms with Crippen molar-refractivity contribution in [2.75, 3.05) is 11.9 Å². The van der Waals surface area contributed by atoms with E-state index in [0.717, 1.165) is 53.2 Å². The number of carbonyl (C=O) groups is 1. The molecule has 24 heavy (non-hydrogen) atoms. The number of benzene rings is 2. The van der Waals surface area contributed by atoms with Crippen molar-refractivity contribution in [3.63, 3.8) is 0 Å². The van der Waals surface area contributed by atoms with Crippen molar-refractivity contribution < 1.29 is 4.79 Å². The SMILES string of the molecule is CCc1cccc(C)c1NC(=O)N1CCCC1c1ccccc1Cl. The predicted octanol–water partition coefficient (Wildman–Crippen LogP) is 5.58. The Balaban J connectivity index is 1.84. The van der Waals surface area contributed by atoms with Crippen LogP contribution in [0.4, 0.5) is 10.5 Å². The zero-order valence-corrected chi connectivity index (χ0v) is 14.9. The quantitative estimate of drug-likeness (QED) is 0.775. The van der Waals surface area contributed by atoms with Gasteiger partial charge >= 0.3 is 6.03 Å². The number of halogens is 1. The summed E-state index contributed by atoms with van der Waals surface area (Å²) in [6.45, 7) is 4.90. The number of urea groups is 1. The van der Waals surface area contributed by atoms with Crippen LogP contribution in [0, 0.1) is 6.92 Å². The van der Waals surface area contributed by atoms with E-state index < -0.39 is 0 Å². The summed E-state index contributed by atoms with van der Waals surface area (Å²) in [6.07, 6.45) is 2.84. The Morgan fingerprint density at radius 3 is 2.79 bits per heavy atom. The number of anilines is 1. The van der Waals surface area contributed by atoms with Crippen LogP contribution in [-0.2, 0) is 6.42 Å². The molecule has 1 N–H and O–H groups in total. The maximum atomic E-state index is 12.9. The average Bonchev–Trinajstić information content (AvgIpc) is 3.06. The van der Waals surface area contributed by atoms with E-state index in [1.165, 1.54) is 0 Å². The molecule has 1 heterocycles. The predicted molar refractivity (Wildman–Crippen MR) is 99.7 cm³/mol. The maximum absolute atomic E-state index is 12.9. The van der Waals surface area contributed by atoms with E-state index in [0.29, 0.717) is 0 Å². The topological polar surface area (TPSA) is 32.3 Å². The molecule has 2 aromatic carbocycles. The largest absolute Gasteiger partial charge is 0.322 e. The van der Waals surface area contributed by atoms with Crippen molar-refractivity contribution in [1.29, 1.82) is 0 Å². The fourth-order valence-corrected chi connectivity index (χ4v) is 3.72. The van der Waals surface area contributed by atoms with Crippen LogP contribution in [0.3, 0.4) is 0 Å². The summed E-state index contributed by atoms with van der Waals surface area (Å²) in [5.74, 6) is 0. The molecule has 1 aliphatic rings. The molecule has 1 saturated heterocycles. The second-order valence-corrected chi connectivity index (χ2v) is 6.67. The molecule has 0 radical (unpaired) electrons. The number of amides is 2. The van der Waals surface area contributed by atoms with Gasteiger partial charge in [0.15, 0.2) is 0 Å². The molecule has 1 aliphatic heterocycles. The van der Waals surface area contributed by atoms with Crippen LogP contribution in [0.5, 0.6) is 0 Å². The van der Waals surface area contributed by atoms with Crippen molar-refractivity contribution in [2.45, 2.75) is 39.2 Å². The summed E-state index contributed by atoms with van der Waals surface area (Å²) in [4.78, 5) is 14.8. The molecule has 0 aliphatic carbocycles. The van der Waals surface area contributed by atoms with Gasteiger partial charge in [0.05, 0.1) is 6.04 Å². The van der Waals surface area contributed by atoms with Crippen LogP contribution < -0.4 is 5.32 Å². The van der Waals surface area contributed by atoms with E-state index in [9.17, 15) is 4.79 Å². The van der Waals surface area contributed by atoms with E-state index in [1.807, 2.05) is 48.2 Å². The molecule has 2 aromatic rings. The van der Waals surface area contributed by atoms with Gasteiger partial charge in [-0.1, -0.05) is 54.9 Å². The molecule has 2 amide bonds. The molecule has 0 bridgehead atoms. The Bertz CT molecular complexity index is 744. The van der Waals surface area contributed by atoms with Gasteiger partial charge in [-0.05, 0) is 48.9 Å². The highest BCUT2D eigenvalue weighted by molar-refractivity contribution is 6.31. The fourth-order valence-electron chi connectivity index (χ4n) is 3.46. The van der Waals surface area contributed by atoms with Gasteiger partial charge in [0.25, 0.3) is 0 Å². The standard InChI is InChI=1S/C20H23ClN2O/c1-3-15-9-6-8-14(2)19(15)22-20(24)23-13-7-12-18(23)16-10-4-5-11-17(16)21/h4-6,8-11,18H,3,7,12-13H2,1-2H3,(H,22,24).